The molecule has 0 saturated carbocycles. The molecule has 1 unspecified atom stereocenters. The largest absolute Gasteiger partial charge is 0.329 e. The molecular formula is C9H10N4OS. The maximum Gasteiger partial charge on any atom is 0.248 e. The lowest BCUT2D eigenvalue weighted by Gasteiger charge is -1.95. The van der Waals surface area contributed by atoms with E-state index in [-0.39, 0.29) is 11.6 Å². The molecule has 0 fully saturated rings. The number of hydrogen-bond acceptors (Lipinski definition) is 5. The molecule has 0 aliphatic heterocycles. The van der Waals surface area contributed by atoms with Crippen LogP contribution in [0.4, 0.5) is 0 Å². The fourth-order valence-electron chi connectivity index (χ4n) is 1.11. The Bertz CT molecular complexity index is 517. The molecule has 2 rings (SSSR count). The van der Waals surface area contributed by atoms with E-state index in [2.05, 4.69) is 15.2 Å². The zero-order valence-electron chi connectivity index (χ0n) is 8.10. The van der Waals surface area contributed by atoms with Gasteiger partial charge in [0.05, 0.1) is 6.04 Å². The molecule has 0 spiro atoms. The molecule has 0 aromatic carbocycles. The van der Waals surface area contributed by atoms with Crippen molar-refractivity contribution in [2.45, 2.75) is 13.0 Å². The fourth-order valence-corrected chi connectivity index (χ4v) is 1.90. The summed E-state index contributed by atoms with van der Waals surface area (Å²) in [6.07, 6.45) is 1.59. The van der Waals surface area contributed by atoms with Crippen LogP contribution >= 0.6 is 11.3 Å². The van der Waals surface area contributed by atoms with Crippen molar-refractivity contribution in [1.29, 1.82) is 0 Å². The van der Waals surface area contributed by atoms with E-state index in [0.717, 1.165) is 10.6 Å². The molecule has 3 N–H and O–H groups in total. The number of aromatic nitrogens is 3. The highest BCUT2D eigenvalue weighted by Crippen LogP contribution is 2.24. The van der Waals surface area contributed by atoms with Crippen molar-refractivity contribution in [3.63, 3.8) is 0 Å². The fraction of sp³-hybridized carbons (Fsp3) is 0.222. The summed E-state index contributed by atoms with van der Waals surface area (Å²) in [6.45, 7) is 1.85. The summed E-state index contributed by atoms with van der Waals surface area (Å²) in [7, 11) is 0. The molecule has 2 aromatic rings. The van der Waals surface area contributed by atoms with Gasteiger partial charge in [0.25, 0.3) is 0 Å². The number of pyridine rings is 1. The number of nitrogens with two attached hydrogens (primary N) is 1. The van der Waals surface area contributed by atoms with Crippen LogP contribution in [0.15, 0.2) is 23.1 Å². The monoisotopic (exact) mass is 222 g/mol. The molecule has 15 heavy (non-hydrogen) atoms. The third-order valence-corrected chi connectivity index (χ3v) is 3.03. The van der Waals surface area contributed by atoms with Crippen LogP contribution in [-0.4, -0.2) is 15.2 Å². The number of rotatable bonds is 2. The Morgan fingerprint density at radius 3 is 2.93 bits per heavy atom. The lowest BCUT2D eigenvalue weighted by atomic mass is 10.3. The second kappa shape index (κ2) is 3.92. The molecule has 2 aromatic heterocycles. The van der Waals surface area contributed by atoms with E-state index >= 15 is 0 Å². The van der Waals surface area contributed by atoms with Gasteiger partial charge < -0.3 is 10.7 Å². The minimum absolute atomic E-state index is 0.127. The Labute approximate surface area is 90.0 Å². The van der Waals surface area contributed by atoms with Crippen LogP contribution in [0.1, 0.15) is 18.0 Å². The molecule has 5 nitrogen and oxygen atoms in total. The van der Waals surface area contributed by atoms with E-state index < -0.39 is 0 Å². The van der Waals surface area contributed by atoms with Crippen LogP contribution in [-0.2, 0) is 0 Å². The van der Waals surface area contributed by atoms with E-state index in [9.17, 15) is 4.79 Å². The van der Waals surface area contributed by atoms with Crippen molar-refractivity contribution < 1.29 is 0 Å². The topological polar surface area (TPSA) is 84.7 Å². The van der Waals surface area contributed by atoms with E-state index in [1.54, 1.807) is 12.3 Å². The van der Waals surface area contributed by atoms with E-state index in [0.29, 0.717) is 5.01 Å². The average molecular weight is 222 g/mol. The normalized spacial score (nSPS) is 12.7. The van der Waals surface area contributed by atoms with Crippen LogP contribution in [0.25, 0.3) is 10.6 Å². The Hall–Kier alpha value is -1.53. The summed E-state index contributed by atoms with van der Waals surface area (Å²) in [5.74, 6) is 0. The summed E-state index contributed by atoms with van der Waals surface area (Å²) in [4.78, 5) is 13.6. The van der Waals surface area contributed by atoms with Crippen molar-refractivity contribution in [1.82, 2.24) is 15.2 Å². The molecule has 2 heterocycles. The van der Waals surface area contributed by atoms with Crippen molar-refractivity contribution in [2.75, 3.05) is 0 Å². The number of aromatic amines is 1. The van der Waals surface area contributed by atoms with Gasteiger partial charge in [-0.15, -0.1) is 10.2 Å². The zero-order chi connectivity index (χ0) is 10.8. The molecule has 78 valence electrons. The van der Waals surface area contributed by atoms with Gasteiger partial charge in [-0.3, -0.25) is 4.79 Å². The third kappa shape index (κ3) is 2.11. The van der Waals surface area contributed by atoms with Crippen molar-refractivity contribution in [3.8, 4) is 10.6 Å². The first-order valence-electron chi connectivity index (χ1n) is 4.45. The maximum absolute atomic E-state index is 11.1. The quantitative estimate of drug-likeness (QED) is 0.791. The summed E-state index contributed by atoms with van der Waals surface area (Å²) in [6, 6.07) is 3.15. The van der Waals surface area contributed by atoms with Gasteiger partial charge in [-0.1, -0.05) is 11.3 Å². The minimum Gasteiger partial charge on any atom is -0.329 e. The van der Waals surface area contributed by atoms with Crippen molar-refractivity contribution in [2.24, 2.45) is 5.73 Å². The van der Waals surface area contributed by atoms with Crippen LogP contribution in [0, 0.1) is 0 Å². The molecular weight excluding hydrogens is 212 g/mol. The molecule has 0 aliphatic rings. The second-order valence-corrected chi connectivity index (χ2v) is 4.18. The first-order valence-corrected chi connectivity index (χ1v) is 5.26. The van der Waals surface area contributed by atoms with E-state index in [1.165, 1.54) is 17.4 Å². The number of nitrogens with zero attached hydrogens (tertiary/aromatic N) is 2. The zero-order valence-corrected chi connectivity index (χ0v) is 8.91. The van der Waals surface area contributed by atoms with Crippen LogP contribution < -0.4 is 11.3 Å². The lowest BCUT2D eigenvalue weighted by Crippen LogP contribution is -2.03. The number of nitrogens with one attached hydrogen (secondary N) is 1. The van der Waals surface area contributed by atoms with Crippen LogP contribution in [0.3, 0.4) is 0 Å². The van der Waals surface area contributed by atoms with Gasteiger partial charge in [-0.05, 0) is 13.0 Å². The smallest absolute Gasteiger partial charge is 0.248 e. The van der Waals surface area contributed by atoms with Crippen LogP contribution in [0.5, 0.6) is 0 Å². The third-order valence-electron chi connectivity index (χ3n) is 1.85. The highest BCUT2D eigenvalue weighted by atomic mass is 32.1. The SMILES string of the molecule is CC(N)c1nnc(-c2cc[nH]c(=O)c2)s1. The second-order valence-electron chi connectivity index (χ2n) is 3.18. The predicted octanol–water partition coefficient (Wildman–Crippen LogP) is 0.913. The highest BCUT2D eigenvalue weighted by Gasteiger charge is 2.09. The van der Waals surface area contributed by atoms with Gasteiger partial charge >= 0.3 is 0 Å². The van der Waals surface area contributed by atoms with Crippen molar-refractivity contribution in [3.05, 3.63) is 33.7 Å². The summed E-state index contributed by atoms with van der Waals surface area (Å²) >= 11 is 1.40. The first kappa shape index (κ1) is 10.0. The Balaban J connectivity index is 2.41. The van der Waals surface area contributed by atoms with Gasteiger partial charge in [-0.25, -0.2) is 0 Å². The standard InChI is InChI=1S/C9H10N4OS/c1-5(10)8-12-13-9(15-8)6-2-3-11-7(14)4-6/h2-5H,10H2,1H3,(H,11,14). The maximum atomic E-state index is 11.1. The Morgan fingerprint density at radius 1 is 1.53 bits per heavy atom. The predicted molar refractivity (Wildman–Crippen MR) is 58.6 cm³/mol. The van der Waals surface area contributed by atoms with Gasteiger partial charge in [0.2, 0.25) is 5.56 Å². The molecule has 0 aliphatic carbocycles. The summed E-state index contributed by atoms with van der Waals surface area (Å²) in [5.41, 5.74) is 6.29. The summed E-state index contributed by atoms with van der Waals surface area (Å²) in [5, 5.41) is 9.42. The number of hydrogen-bond donors (Lipinski definition) is 2. The van der Waals surface area contributed by atoms with Gasteiger partial charge in [0.1, 0.15) is 10.0 Å². The molecule has 0 amide bonds. The molecule has 0 radical (unpaired) electrons. The molecule has 6 heteroatoms. The lowest BCUT2D eigenvalue weighted by molar-refractivity contribution is 0.786. The van der Waals surface area contributed by atoms with Crippen molar-refractivity contribution >= 4 is 11.3 Å². The van der Waals surface area contributed by atoms with Gasteiger partial charge in [-0.2, -0.15) is 0 Å². The highest BCUT2D eigenvalue weighted by molar-refractivity contribution is 7.14. The molecule has 1 atom stereocenters. The van der Waals surface area contributed by atoms with Crippen LogP contribution in [0.2, 0.25) is 0 Å². The molecule has 0 saturated heterocycles. The first-order chi connectivity index (χ1) is 7.16. The molecule has 0 bridgehead atoms. The van der Waals surface area contributed by atoms with Gasteiger partial charge in [0.15, 0.2) is 0 Å². The average Bonchev–Trinajstić information content (AvgIpc) is 2.66. The Kier molecular flexibility index (Phi) is 2.61. The van der Waals surface area contributed by atoms with E-state index in [1.807, 2.05) is 6.92 Å². The minimum atomic E-state index is -0.148. The number of H-pyrrole nitrogens is 1. The van der Waals surface area contributed by atoms with E-state index in [4.69, 9.17) is 5.73 Å². The van der Waals surface area contributed by atoms with Gasteiger partial charge in [0, 0.05) is 17.8 Å². The Morgan fingerprint density at radius 2 is 2.33 bits per heavy atom. The summed E-state index contributed by atoms with van der Waals surface area (Å²) < 4.78 is 0.